The van der Waals surface area contributed by atoms with Crippen LogP contribution in [0.1, 0.15) is 13.8 Å². The van der Waals surface area contributed by atoms with Crippen LogP contribution in [0.3, 0.4) is 0 Å². The highest BCUT2D eigenvalue weighted by atomic mass is 32.2. The Morgan fingerprint density at radius 1 is 1.38 bits per heavy atom. The van der Waals surface area contributed by atoms with E-state index < -0.39 is 12.1 Å². The summed E-state index contributed by atoms with van der Waals surface area (Å²) < 4.78 is 10.4. The van der Waals surface area contributed by atoms with Crippen molar-refractivity contribution < 1.29 is 19.1 Å². The van der Waals surface area contributed by atoms with E-state index in [0.29, 0.717) is 5.75 Å². The Morgan fingerprint density at radius 3 is 2.76 bits per heavy atom. The van der Waals surface area contributed by atoms with Gasteiger partial charge in [-0.05, 0) is 26.0 Å². The lowest BCUT2D eigenvalue weighted by Crippen LogP contribution is -2.45. The molecule has 1 aromatic carbocycles. The number of ether oxygens (including phenoxy) is 2. The van der Waals surface area contributed by atoms with Gasteiger partial charge in [-0.1, -0.05) is 18.2 Å². The fourth-order valence-corrected chi connectivity index (χ4v) is 3.02. The summed E-state index contributed by atoms with van der Waals surface area (Å²) in [6.07, 6.45) is -0.803. The van der Waals surface area contributed by atoms with Crippen molar-refractivity contribution in [1.82, 2.24) is 4.90 Å². The molecule has 2 atom stereocenters. The van der Waals surface area contributed by atoms with Gasteiger partial charge in [0.2, 0.25) is 0 Å². The molecule has 0 bridgehead atoms. The summed E-state index contributed by atoms with van der Waals surface area (Å²) in [6, 6.07) is 9.13. The Morgan fingerprint density at radius 2 is 2.10 bits per heavy atom. The molecule has 0 aliphatic carbocycles. The molecular weight excluding hydrogens is 290 g/mol. The molecule has 1 aromatic rings. The van der Waals surface area contributed by atoms with E-state index >= 15 is 0 Å². The number of benzene rings is 1. The molecule has 1 fully saturated rings. The zero-order valence-electron chi connectivity index (χ0n) is 12.2. The highest BCUT2D eigenvalue weighted by Gasteiger charge is 2.40. The monoisotopic (exact) mass is 309 g/mol. The van der Waals surface area contributed by atoms with Crippen molar-refractivity contribution in [2.75, 3.05) is 19.1 Å². The summed E-state index contributed by atoms with van der Waals surface area (Å²) in [4.78, 5) is 26.6. The van der Waals surface area contributed by atoms with Crippen molar-refractivity contribution in [3.8, 4) is 0 Å². The number of hydrogen-bond acceptors (Lipinski definition) is 5. The second kappa shape index (κ2) is 7.47. The molecule has 5 nitrogen and oxygen atoms in total. The Labute approximate surface area is 128 Å². The maximum absolute atomic E-state index is 12.4. The van der Waals surface area contributed by atoms with E-state index in [1.54, 1.807) is 13.8 Å². The minimum atomic E-state index is -0.569. The first-order valence-electron chi connectivity index (χ1n) is 6.89. The second-order valence-corrected chi connectivity index (χ2v) is 5.73. The van der Waals surface area contributed by atoms with E-state index in [1.165, 1.54) is 16.7 Å². The van der Waals surface area contributed by atoms with Crippen molar-refractivity contribution in [1.29, 1.82) is 0 Å². The lowest BCUT2D eigenvalue weighted by Gasteiger charge is -2.22. The van der Waals surface area contributed by atoms with Gasteiger partial charge in [-0.3, -0.25) is 9.69 Å². The van der Waals surface area contributed by atoms with E-state index in [9.17, 15) is 9.59 Å². The highest BCUT2D eigenvalue weighted by Crippen LogP contribution is 2.23. The predicted octanol–water partition coefficient (Wildman–Crippen LogP) is 2.55. The van der Waals surface area contributed by atoms with Crippen LogP contribution < -0.4 is 0 Å². The minimum Gasteiger partial charge on any atom is -0.450 e. The van der Waals surface area contributed by atoms with Gasteiger partial charge in [-0.15, -0.1) is 11.8 Å². The predicted molar refractivity (Wildman–Crippen MR) is 80.2 cm³/mol. The molecular formula is C15H19NO4S. The van der Waals surface area contributed by atoms with Gasteiger partial charge in [0.15, 0.2) is 5.78 Å². The van der Waals surface area contributed by atoms with Crippen LogP contribution in [0.25, 0.3) is 0 Å². The number of Topliss-reactive ketones (excluding diaryl/α,β-unsaturated/α-hetero) is 1. The highest BCUT2D eigenvalue weighted by molar-refractivity contribution is 8.00. The molecule has 114 valence electrons. The molecule has 2 rings (SSSR count). The maximum atomic E-state index is 12.4. The molecule has 0 N–H and O–H groups in total. The van der Waals surface area contributed by atoms with Crippen LogP contribution in [-0.2, 0) is 14.3 Å². The van der Waals surface area contributed by atoms with E-state index in [4.69, 9.17) is 9.47 Å². The molecule has 0 unspecified atom stereocenters. The van der Waals surface area contributed by atoms with Crippen LogP contribution in [0.5, 0.6) is 0 Å². The third-order valence-corrected chi connectivity index (χ3v) is 4.25. The Balaban J connectivity index is 1.97. The molecule has 1 saturated heterocycles. The van der Waals surface area contributed by atoms with Crippen LogP contribution in [0.4, 0.5) is 4.79 Å². The van der Waals surface area contributed by atoms with Crippen molar-refractivity contribution in [2.24, 2.45) is 0 Å². The number of nitrogens with zero attached hydrogens (tertiary/aromatic N) is 1. The number of carbonyl (C=O) groups excluding carboxylic acids is 2. The van der Waals surface area contributed by atoms with Gasteiger partial charge in [0.05, 0.1) is 18.5 Å². The quantitative estimate of drug-likeness (QED) is 0.782. The normalized spacial score (nSPS) is 21.3. The molecule has 0 radical (unpaired) electrons. The number of ketones is 1. The Bertz CT molecular complexity index is 494. The maximum Gasteiger partial charge on any atom is 0.412 e. The first-order chi connectivity index (χ1) is 10.1. The zero-order chi connectivity index (χ0) is 15.2. The van der Waals surface area contributed by atoms with Crippen LogP contribution in [-0.4, -0.2) is 48.0 Å². The van der Waals surface area contributed by atoms with Gasteiger partial charge in [-0.2, -0.15) is 0 Å². The van der Waals surface area contributed by atoms with Gasteiger partial charge in [0.1, 0.15) is 12.8 Å². The molecule has 1 amide bonds. The largest absolute Gasteiger partial charge is 0.450 e. The van der Waals surface area contributed by atoms with Crippen molar-refractivity contribution in [3.63, 3.8) is 0 Å². The molecule has 0 spiro atoms. The zero-order valence-corrected chi connectivity index (χ0v) is 13.0. The second-order valence-electron chi connectivity index (χ2n) is 4.68. The summed E-state index contributed by atoms with van der Waals surface area (Å²) in [5, 5.41) is 0. The molecule has 1 aliphatic rings. The number of rotatable bonds is 5. The summed E-state index contributed by atoms with van der Waals surface area (Å²) in [5.74, 6) is 0.278. The number of thioether (sulfide) groups is 1. The van der Waals surface area contributed by atoms with Gasteiger partial charge in [-0.25, -0.2) is 4.79 Å². The summed E-state index contributed by atoms with van der Waals surface area (Å²) in [6.45, 7) is 3.92. The number of hydrogen-bond donors (Lipinski definition) is 0. The van der Waals surface area contributed by atoms with Gasteiger partial charge < -0.3 is 9.47 Å². The standard InChI is InChI=1S/C15H19NO4S/c1-3-19-15(18)16-10-20-11(2)14(16)13(17)9-21-12-7-5-4-6-8-12/h4-8,11,14H,3,9-10H2,1-2H3/t11-,14+/m1/s1. The number of amides is 1. The smallest absolute Gasteiger partial charge is 0.412 e. The summed E-state index contributed by atoms with van der Waals surface area (Å²) in [7, 11) is 0. The van der Waals surface area contributed by atoms with Gasteiger partial charge in [0.25, 0.3) is 0 Å². The molecule has 0 saturated carbocycles. The van der Waals surface area contributed by atoms with Gasteiger partial charge in [0, 0.05) is 4.90 Å². The topological polar surface area (TPSA) is 55.8 Å². The fourth-order valence-electron chi connectivity index (χ4n) is 2.19. The Kier molecular flexibility index (Phi) is 5.64. The van der Waals surface area contributed by atoms with E-state index in [0.717, 1.165) is 4.90 Å². The molecule has 0 aromatic heterocycles. The van der Waals surface area contributed by atoms with Gasteiger partial charge >= 0.3 is 6.09 Å². The van der Waals surface area contributed by atoms with E-state index in [1.807, 2.05) is 30.3 Å². The number of carbonyl (C=O) groups is 2. The SMILES string of the molecule is CCOC(=O)N1CO[C@H](C)[C@H]1C(=O)CSc1ccccc1. The van der Waals surface area contributed by atoms with Crippen molar-refractivity contribution in [3.05, 3.63) is 30.3 Å². The summed E-state index contributed by atoms with van der Waals surface area (Å²) in [5.41, 5.74) is 0. The Hall–Kier alpha value is -1.53. The third kappa shape index (κ3) is 3.98. The van der Waals surface area contributed by atoms with E-state index in [-0.39, 0.29) is 25.2 Å². The molecule has 1 heterocycles. The first kappa shape index (κ1) is 15.9. The lowest BCUT2D eigenvalue weighted by atomic mass is 10.1. The molecule has 6 heteroatoms. The average Bonchev–Trinajstić information content (AvgIpc) is 2.88. The first-order valence-corrected chi connectivity index (χ1v) is 7.87. The van der Waals surface area contributed by atoms with Crippen LogP contribution in [0.15, 0.2) is 35.2 Å². The van der Waals surface area contributed by atoms with Crippen LogP contribution >= 0.6 is 11.8 Å². The van der Waals surface area contributed by atoms with E-state index in [2.05, 4.69) is 0 Å². The van der Waals surface area contributed by atoms with Crippen molar-refractivity contribution in [2.45, 2.75) is 30.9 Å². The summed E-state index contributed by atoms with van der Waals surface area (Å²) >= 11 is 1.46. The fraction of sp³-hybridized carbons (Fsp3) is 0.467. The lowest BCUT2D eigenvalue weighted by molar-refractivity contribution is -0.121. The molecule has 1 aliphatic heterocycles. The van der Waals surface area contributed by atoms with Crippen LogP contribution in [0, 0.1) is 0 Å². The average molecular weight is 309 g/mol. The van der Waals surface area contributed by atoms with Crippen LogP contribution in [0.2, 0.25) is 0 Å². The van der Waals surface area contributed by atoms with Crippen molar-refractivity contribution >= 4 is 23.6 Å². The minimum absolute atomic E-state index is 0.0260. The third-order valence-electron chi connectivity index (χ3n) is 3.21. The molecule has 21 heavy (non-hydrogen) atoms.